The number of fused-ring (bicyclic) bond motifs is 2. The monoisotopic (exact) mass is 431 g/mol. The summed E-state index contributed by atoms with van der Waals surface area (Å²) >= 11 is 0. The van der Waals surface area contributed by atoms with Crippen LogP contribution in [0.4, 0.5) is 15.0 Å². The van der Waals surface area contributed by atoms with Crippen LogP contribution in [0.25, 0.3) is 11.3 Å². The van der Waals surface area contributed by atoms with Gasteiger partial charge in [0.05, 0.1) is 17.3 Å². The third kappa shape index (κ3) is 3.24. The molecule has 5 rings (SSSR count). The van der Waals surface area contributed by atoms with Crippen molar-refractivity contribution in [2.75, 3.05) is 18.8 Å². The summed E-state index contributed by atoms with van der Waals surface area (Å²) in [5.41, 5.74) is 9.23. The summed E-state index contributed by atoms with van der Waals surface area (Å²) in [7, 11) is 0. The van der Waals surface area contributed by atoms with Gasteiger partial charge >= 0.3 is 6.03 Å². The van der Waals surface area contributed by atoms with Gasteiger partial charge in [0.1, 0.15) is 17.7 Å². The van der Waals surface area contributed by atoms with Gasteiger partial charge in [-0.25, -0.2) is 14.2 Å². The molecule has 1 fully saturated rings. The van der Waals surface area contributed by atoms with E-state index in [1.165, 1.54) is 12.1 Å². The number of hydrogen-bond donors (Lipinski definition) is 2. The second-order valence-electron chi connectivity index (χ2n) is 8.52. The Kier molecular flexibility index (Phi) is 4.59. The van der Waals surface area contributed by atoms with Gasteiger partial charge in [-0.05, 0) is 43.2 Å². The van der Waals surface area contributed by atoms with Crippen LogP contribution in [0.3, 0.4) is 0 Å². The number of nitriles is 1. The summed E-state index contributed by atoms with van der Waals surface area (Å²) in [5, 5.41) is 16.8. The van der Waals surface area contributed by atoms with E-state index in [-0.39, 0.29) is 29.1 Å². The molecule has 1 spiro atoms. The lowest BCUT2D eigenvalue weighted by Gasteiger charge is -2.47. The normalized spacial score (nSPS) is 16.8. The summed E-state index contributed by atoms with van der Waals surface area (Å²) in [4.78, 5) is 18.6. The van der Waals surface area contributed by atoms with Crippen molar-refractivity contribution in [1.82, 2.24) is 25.0 Å². The molecule has 9 heteroatoms. The Morgan fingerprint density at radius 2 is 2.16 bits per heavy atom. The number of benzene rings is 1. The highest BCUT2D eigenvalue weighted by Crippen LogP contribution is 2.44. The molecule has 3 N–H and O–H groups in total. The maximum absolute atomic E-state index is 13.5. The second kappa shape index (κ2) is 7.34. The third-order valence-corrected chi connectivity index (χ3v) is 6.42. The second-order valence-corrected chi connectivity index (χ2v) is 8.52. The first-order valence-corrected chi connectivity index (χ1v) is 10.4. The highest BCUT2D eigenvalue weighted by atomic mass is 19.1. The first-order chi connectivity index (χ1) is 15.4. The van der Waals surface area contributed by atoms with Crippen LogP contribution in [0.5, 0.6) is 0 Å². The maximum Gasteiger partial charge on any atom is 0.317 e. The van der Waals surface area contributed by atoms with E-state index in [4.69, 9.17) is 5.73 Å². The van der Waals surface area contributed by atoms with Crippen molar-refractivity contribution in [2.45, 2.75) is 31.3 Å². The molecule has 4 heterocycles. The number of urea groups is 1. The fourth-order valence-corrected chi connectivity index (χ4v) is 4.59. The average molecular weight is 431 g/mol. The number of aromatic nitrogens is 3. The molecule has 2 aliphatic heterocycles. The first-order valence-electron chi connectivity index (χ1n) is 10.4. The molecule has 162 valence electrons. The zero-order chi connectivity index (χ0) is 22.5. The van der Waals surface area contributed by atoms with Crippen molar-refractivity contribution in [3.8, 4) is 17.3 Å². The van der Waals surface area contributed by atoms with Gasteiger partial charge in [-0.1, -0.05) is 12.1 Å². The van der Waals surface area contributed by atoms with Crippen LogP contribution >= 0.6 is 0 Å². The Balaban J connectivity index is 1.29. The molecule has 32 heavy (non-hydrogen) atoms. The molecule has 2 amide bonds. The van der Waals surface area contributed by atoms with Crippen LogP contribution in [-0.4, -0.2) is 38.8 Å². The number of amides is 2. The van der Waals surface area contributed by atoms with E-state index >= 15 is 0 Å². The van der Waals surface area contributed by atoms with Gasteiger partial charge in [0.2, 0.25) is 0 Å². The fraction of sp³-hybridized carbons (Fsp3) is 0.304. The molecular formula is C23H22FN7O. The molecule has 2 aromatic heterocycles. The summed E-state index contributed by atoms with van der Waals surface area (Å²) in [6, 6.07) is 11.6. The minimum atomic E-state index is -0.320. The van der Waals surface area contributed by atoms with Crippen LogP contribution in [0.1, 0.15) is 36.2 Å². The van der Waals surface area contributed by atoms with Crippen molar-refractivity contribution < 1.29 is 9.18 Å². The van der Waals surface area contributed by atoms with Crippen LogP contribution in [-0.2, 0) is 12.0 Å². The number of pyridine rings is 1. The Morgan fingerprint density at radius 3 is 2.91 bits per heavy atom. The lowest BCUT2D eigenvalue weighted by atomic mass is 9.76. The van der Waals surface area contributed by atoms with E-state index in [0.29, 0.717) is 18.7 Å². The molecule has 0 bridgehead atoms. The lowest BCUT2D eigenvalue weighted by Crippen LogP contribution is -2.62. The lowest BCUT2D eigenvalue weighted by molar-refractivity contribution is 0.0906. The number of nitrogens with one attached hydrogen (secondary N) is 1. The molecule has 3 aromatic rings. The molecule has 0 aliphatic carbocycles. The van der Waals surface area contributed by atoms with E-state index in [0.717, 1.165) is 35.5 Å². The van der Waals surface area contributed by atoms with E-state index < -0.39 is 0 Å². The number of nitrogens with zero attached hydrogens (tertiary/aromatic N) is 5. The van der Waals surface area contributed by atoms with Crippen molar-refractivity contribution in [3.05, 3.63) is 65.2 Å². The summed E-state index contributed by atoms with van der Waals surface area (Å²) in [6.45, 7) is 3.82. The largest absolute Gasteiger partial charge is 0.383 e. The SMILES string of the molecule is CC(NC(=O)N1CC2(CCn3nc(-c4cnc(N)c(C#N)c4)cc32)C1)c1cccc(F)c1. The number of nitrogen functional groups attached to an aromatic ring is 1. The Labute approximate surface area is 184 Å². The summed E-state index contributed by atoms with van der Waals surface area (Å²) in [5.74, 6) is -0.118. The predicted octanol–water partition coefficient (Wildman–Crippen LogP) is 2.97. The van der Waals surface area contributed by atoms with Crippen molar-refractivity contribution in [1.29, 1.82) is 5.26 Å². The summed E-state index contributed by atoms with van der Waals surface area (Å²) in [6.07, 6.45) is 2.54. The molecule has 8 nitrogen and oxygen atoms in total. The number of anilines is 1. The van der Waals surface area contributed by atoms with Crippen molar-refractivity contribution in [3.63, 3.8) is 0 Å². The van der Waals surface area contributed by atoms with Gasteiger partial charge in [-0.3, -0.25) is 4.68 Å². The van der Waals surface area contributed by atoms with Gasteiger partial charge in [-0.2, -0.15) is 10.4 Å². The van der Waals surface area contributed by atoms with Crippen molar-refractivity contribution >= 4 is 11.8 Å². The average Bonchev–Trinajstić information content (AvgIpc) is 3.32. The predicted molar refractivity (Wildman–Crippen MR) is 116 cm³/mol. The van der Waals surface area contributed by atoms with E-state index in [1.807, 2.05) is 23.7 Å². The molecule has 1 aromatic carbocycles. The topological polar surface area (TPSA) is 113 Å². The highest BCUT2D eigenvalue weighted by molar-refractivity contribution is 5.76. The van der Waals surface area contributed by atoms with Crippen molar-refractivity contribution in [2.24, 2.45) is 0 Å². The molecule has 1 saturated heterocycles. The van der Waals surface area contributed by atoms with Gasteiger partial charge in [-0.15, -0.1) is 0 Å². The number of nitrogens with two attached hydrogens (primary N) is 1. The van der Waals surface area contributed by atoms with Crippen LogP contribution in [0.15, 0.2) is 42.6 Å². The Bertz CT molecular complexity index is 1260. The fourth-order valence-electron chi connectivity index (χ4n) is 4.59. The number of rotatable bonds is 3. The minimum Gasteiger partial charge on any atom is -0.383 e. The Hall–Kier alpha value is -3.93. The summed E-state index contributed by atoms with van der Waals surface area (Å²) < 4.78 is 15.4. The quantitative estimate of drug-likeness (QED) is 0.662. The van der Waals surface area contributed by atoms with Gasteiger partial charge in [0.25, 0.3) is 0 Å². The standard InChI is InChI=1S/C23H22FN7O/c1-14(15-3-2-4-18(24)8-15)28-22(32)30-12-23(13-30)5-6-31-20(23)9-19(29-31)17-7-16(10-25)21(26)27-11-17/h2-4,7-9,11,14H,5-6,12-13H2,1H3,(H2,26,27)(H,28,32). The number of halogens is 1. The smallest absolute Gasteiger partial charge is 0.317 e. The van der Waals surface area contributed by atoms with Crippen LogP contribution in [0.2, 0.25) is 0 Å². The Morgan fingerprint density at radius 1 is 1.34 bits per heavy atom. The number of carbonyl (C=O) groups is 1. The molecule has 0 radical (unpaired) electrons. The number of aryl methyl sites for hydroxylation is 1. The number of carbonyl (C=O) groups excluding carboxylic acids is 1. The van der Waals surface area contributed by atoms with Crippen LogP contribution < -0.4 is 11.1 Å². The number of likely N-dealkylation sites (tertiary alicyclic amines) is 1. The number of hydrogen-bond acceptors (Lipinski definition) is 5. The van der Waals surface area contributed by atoms with E-state index in [9.17, 15) is 14.4 Å². The molecule has 1 unspecified atom stereocenters. The van der Waals surface area contributed by atoms with Gasteiger partial charge in [0, 0.05) is 42.5 Å². The zero-order valence-corrected chi connectivity index (χ0v) is 17.5. The van der Waals surface area contributed by atoms with Crippen LogP contribution in [0, 0.1) is 17.1 Å². The maximum atomic E-state index is 13.5. The van der Waals surface area contributed by atoms with E-state index in [2.05, 4.69) is 15.4 Å². The first kappa shape index (κ1) is 20.0. The van der Waals surface area contributed by atoms with Gasteiger partial charge < -0.3 is 16.0 Å². The molecule has 1 atom stereocenters. The minimum absolute atomic E-state index is 0.121. The zero-order valence-electron chi connectivity index (χ0n) is 17.5. The third-order valence-electron chi connectivity index (χ3n) is 6.42. The van der Waals surface area contributed by atoms with E-state index in [1.54, 1.807) is 29.3 Å². The molecular weight excluding hydrogens is 409 g/mol. The molecule has 2 aliphatic rings. The molecule has 0 saturated carbocycles. The van der Waals surface area contributed by atoms with Gasteiger partial charge in [0.15, 0.2) is 0 Å². The highest BCUT2D eigenvalue weighted by Gasteiger charge is 2.51.